The van der Waals surface area contributed by atoms with Gasteiger partial charge in [-0.2, -0.15) is 11.8 Å². The first kappa shape index (κ1) is 20.0. The number of fused-ring (bicyclic) bond motifs is 2. The fourth-order valence-electron chi connectivity index (χ4n) is 4.70. The summed E-state index contributed by atoms with van der Waals surface area (Å²) >= 11 is 1.95. The van der Waals surface area contributed by atoms with Crippen LogP contribution in [0, 0.1) is 17.8 Å². The lowest BCUT2D eigenvalue weighted by Crippen LogP contribution is -2.28. The van der Waals surface area contributed by atoms with Gasteiger partial charge in [-0.05, 0) is 55.9 Å². The summed E-state index contributed by atoms with van der Waals surface area (Å²) in [5.74, 6) is 2.74. The van der Waals surface area contributed by atoms with Crippen LogP contribution in [-0.2, 0) is 9.53 Å². The lowest BCUT2D eigenvalue weighted by Gasteiger charge is -2.26. The molecule has 5 atom stereocenters. The highest BCUT2D eigenvalue weighted by atomic mass is 32.2. The number of hydrogen-bond donors (Lipinski definition) is 2. The number of aliphatic hydroxyl groups excluding tert-OH is 1. The van der Waals surface area contributed by atoms with Crippen molar-refractivity contribution in [1.29, 1.82) is 0 Å². The Morgan fingerprint density at radius 1 is 1.19 bits per heavy atom. The Morgan fingerprint density at radius 2 is 1.96 bits per heavy atom. The number of thioether (sulfide) groups is 1. The normalized spacial score (nSPS) is 33.0. The van der Waals surface area contributed by atoms with Crippen molar-refractivity contribution >= 4 is 17.7 Å². The van der Waals surface area contributed by atoms with E-state index in [9.17, 15) is 9.90 Å². The lowest BCUT2D eigenvalue weighted by atomic mass is 9.80. The highest BCUT2D eigenvalue weighted by Gasteiger charge is 2.47. The third-order valence-electron chi connectivity index (χ3n) is 6.13. The van der Waals surface area contributed by atoms with E-state index in [0.717, 1.165) is 43.6 Å². The molecule has 0 aromatic carbocycles. The molecule has 26 heavy (non-hydrogen) atoms. The van der Waals surface area contributed by atoms with Crippen molar-refractivity contribution in [1.82, 2.24) is 0 Å². The van der Waals surface area contributed by atoms with Crippen LogP contribution in [0.25, 0.3) is 0 Å². The molecule has 2 saturated heterocycles. The molecule has 0 aromatic rings. The van der Waals surface area contributed by atoms with Crippen LogP contribution in [0.5, 0.6) is 0 Å². The monoisotopic (exact) mass is 380 g/mol. The molecule has 4 nitrogen and oxygen atoms in total. The molecule has 0 aromatic heterocycles. The number of carbonyl (C=O) groups is 1. The molecule has 3 rings (SSSR count). The molecule has 1 saturated carbocycles. The van der Waals surface area contributed by atoms with Crippen molar-refractivity contribution in [2.24, 2.45) is 17.8 Å². The molecular formula is C21H32O4S. The van der Waals surface area contributed by atoms with Gasteiger partial charge in [-0.3, -0.25) is 0 Å². The Hall–Kier alpha value is -0.780. The quantitative estimate of drug-likeness (QED) is 0.340. The van der Waals surface area contributed by atoms with E-state index in [0.29, 0.717) is 30.0 Å². The van der Waals surface area contributed by atoms with Gasteiger partial charge in [-0.25, -0.2) is 4.79 Å². The second-order valence-corrected chi connectivity index (χ2v) is 9.06. The molecule has 0 spiro atoms. The first-order valence-electron chi connectivity index (χ1n) is 10.1. The number of allylic oxidation sites excluding steroid dienone is 1. The van der Waals surface area contributed by atoms with Crippen molar-refractivity contribution in [3.05, 3.63) is 24.3 Å². The summed E-state index contributed by atoms with van der Waals surface area (Å²) in [6.07, 6.45) is 16.7. The highest BCUT2D eigenvalue weighted by molar-refractivity contribution is 7.99. The van der Waals surface area contributed by atoms with Gasteiger partial charge in [-0.1, -0.05) is 31.1 Å². The molecule has 0 amide bonds. The lowest BCUT2D eigenvalue weighted by molar-refractivity contribution is -0.131. The van der Waals surface area contributed by atoms with Crippen LogP contribution < -0.4 is 0 Å². The molecule has 5 heteroatoms. The van der Waals surface area contributed by atoms with Gasteiger partial charge in [0.05, 0.1) is 18.3 Å². The average molecular weight is 381 g/mol. The van der Waals surface area contributed by atoms with Gasteiger partial charge in [0.2, 0.25) is 0 Å². The fourth-order valence-corrected chi connectivity index (χ4v) is 5.95. The number of unbranched alkanes of at least 4 members (excludes halogenated alkanes) is 1. The Balaban J connectivity index is 1.42. The molecular weight excluding hydrogens is 348 g/mol. The second kappa shape index (κ2) is 9.95. The van der Waals surface area contributed by atoms with Crippen molar-refractivity contribution in [3.63, 3.8) is 0 Å². The molecule has 2 heterocycles. The Bertz CT molecular complexity index is 512. The summed E-state index contributed by atoms with van der Waals surface area (Å²) < 4.78 is 6.15. The minimum absolute atomic E-state index is 0.286. The summed E-state index contributed by atoms with van der Waals surface area (Å²) in [7, 11) is 0. The number of carboxylic acid groups (broad SMARTS) is 1. The van der Waals surface area contributed by atoms with Gasteiger partial charge < -0.3 is 14.9 Å². The summed E-state index contributed by atoms with van der Waals surface area (Å²) in [6.45, 7) is 0. The number of rotatable bonds is 10. The number of hydrogen-bond acceptors (Lipinski definition) is 4. The van der Waals surface area contributed by atoms with E-state index >= 15 is 0 Å². The summed E-state index contributed by atoms with van der Waals surface area (Å²) in [6, 6.07) is 0. The third-order valence-corrected chi connectivity index (χ3v) is 7.33. The van der Waals surface area contributed by atoms with Gasteiger partial charge in [0, 0.05) is 17.9 Å². The van der Waals surface area contributed by atoms with E-state index < -0.39 is 5.97 Å². The van der Waals surface area contributed by atoms with Crippen LogP contribution in [0.2, 0.25) is 0 Å². The van der Waals surface area contributed by atoms with Crippen molar-refractivity contribution in [3.8, 4) is 0 Å². The van der Waals surface area contributed by atoms with Gasteiger partial charge >= 0.3 is 5.97 Å². The third kappa shape index (κ3) is 5.37. The van der Waals surface area contributed by atoms with E-state index in [-0.39, 0.29) is 6.10 Å². The summed E-state index contributed by atoms with van der Waals surface area (Å²) in [5.41, 5.74) is 0. The van der Waals surface area contributed by atoms with Crippen molar-refractivity contribution in [2.45, 2.75) is 69.7 Å². The molecule has 3 fully saturated rings. The number of aliphatic carboxylic acids is 1. The maximum absolute atomic E-state index is 10.4. The van der Waals surface area contributed by atoms with Crippen LogP contribution in [0.15, 0.2) is 24.3 Å². The van der Waals surface area contributed by atoms with Gasteiger partial charge in [-0.15, -0.1) is 0 Å². The zero-order valence-electron chi connectivity index (χ0n) is 15.5. The topological polar surface area (TPSA) is 66.8 Å². The minimum atomic E-state index is -0.869. The fraction of sp³-hybridized carbons (Fsp3) is 0.762. The van der Waals surface area contributed by atoms with E-state index in [2.05, 4.69) is 12.2 Å². The maximum atomic E-state index is 10.4. The number of aliphatic hydroxyl groups is 1. The van der Waals surface area contributed by atoms with Crippen LogP contribution in [0.1, 0.15) is 51.4 Å². The van der Waals surface area contributed by atoms with Crippen LogP contribution in [0.3, 0.4) is 0 Å². The highest BCUT2D eigenvalue weighted by Crippen LogP contribution is 2.45. The Morgan fingerprint density at radius 3 is 2.73 bits per heavy atom. The van der Waals surface area contributed by atoms with E-state index in [1.165, 1.54) is 25.3 Å². The van der Waals surface area contributed by atoms with E-state index in [1.54, 1.807) is 6.08 Å². The van der Waals surface area contributed by atoms with Crippen LogP contribution >= 0.6 is 11.8 Å². The molecule has 1 unspecified atom stereocenters. The average Bonchev–Trinajstić information content (AvgIpc) is 3.35. The molecule has 0 radical (unpaired) electrons. The molecule has 2 bridgehead atoms. The van der Waals surface area contributed by atoms with Gasteiger partial charge in [0.1, 0.15) is 0 Å². The molecule has 146 valence electrons. The van der Waals surface area contributed by atoms with E-state index in [1.807, 2.05) is 11.8 Å². The SMILES string of the molecule is O=C(O)C=CCCCSC[C@@H]1[C@H](C=CC(O)C2CCCC2)[C@@H]2CC[C@H]1O2. The zero-order chi connectivity index (χ0) is 18.4. The van der Waals surface area contributed by atoms with E-state index in [4.69, 9.17) is 9.84 Å². The van der Waals surface area contributed by atoms with Crippen LogP contribution in [-0.4, -0.2) is 46.0 Å². The Kier molecular flexibility index (Phi) is 7.64. The first-order chi connectivity index (χ1) is 12.6. The van der Waals surface area contributed by atoms with Crippen LogP contribution in [0.4, 0.5) is 0 Å². The van der Waals surface area contributed by atoms with Crippen molar-refractivity contribution in [2.75, 3.05) is 11.5 Å². The Labute approximate surface area is 161 Å². The molecule has 1 aliphatic carbocycles. The molecule has 2 N–H and O–H groups in total. The number of ether oxygens (including phenoxy) is 1. The number of carboxylic acids is 1. The molecule has 3 aliphatic rings. The zero-order valence-corrected chi connectivity index (χ0v) is 16.3. The summed E-state index contributed by atoms with van der Waals surface area (Å²) in [5, 5.41) is 19.0. The second-order valence-electron chi connectivity index (χ2n) is 7.91. The maximum Gasteiger partial charge on any atom is 0.327 e. The predicted molar refractivity (Wildman–Crippen MR) is 105 cm³/mol. The largest absolute Gasteiger partial charge is 0.478 e. The minimum Gasteiger partial charge on any atom is -0.478 e. The standard InChI is InChI=1S/C21H32O4S/c22-18(15-6-3-4-7-15)10-9-16-17(20-12-11-19(16)25-20)14-26-13-5-1-2-8-21(23)24/h2,8-10,15-20,22H,1,3-7,11-14H2,(H,23,24)/t16-,17+,18?,19-,20+/m0/s1. The predicted octanol–water partition coefficient (Wildman–Crippen LogP) is 4.04. The van der Waals surface area contributed by atoms with Gasteiger partial charge in [0.15, 0.2) is 0 Å². The first-order valence-corrected chi connectivity index (χ1v) is 11.3. The molecule has 2 aliphatic heterocycles. The van der Waals surface area contributed by atoms with Crippen molar-refractivity contribution < 1.29 is 19.7 Å². The summed E-state index contributed by atoms with van der Waals surface area (Å²) in [4.78, 5) is 10.4. The van der Waals surface area contributed by atoms with Gasteiger partial charge in [0.25, 0.3) is 0 Å². The smallest absolute Gasteiger partial charge is 0.327 e.